The molecule has 27 heavy (non-hydrogen) atoms. The quantitative estimate of drug-likeness (QED) is 0.346. The highest BCUT2D eigenvalue weighted by atomic mass is 32.2. The van der Waals surface area contributed by atoms with E-state index in [2.05, 4.69) is 15.2 Å². The van der Waals surface area contributed by atoms with Crippen LogP contribution in [0.15, 0.2) is 76.3 Å². The van der Waals surface area contributed by atoms with Crippen LogP contribution in [0, 0.1) is 6.92 Å². The zero-order chi connectivity index (χ0) is 18.6. The van der Waals surface area contributed by atoms with Crippen LogP contribution in [-0.4, -0.2) is 20.2 Å². The second-order valence-corrected chi connectivity index (χ2v) is 7.42. The van der Waals surface area contributed by atoms with Gasteiger partial charge in [-0.2, -0.15) is 0 Å². The Kier molecular flexibility index (Phi) is 4.98. The molecule has 0 N–H and O–H groups in total. The van der Waals surface area contributed by atoms with Crippen molar-refractivity contribution >= 4 is 11.8 Å². The summed E-state index contributed by atoms with van der Waals surface area (Å²) in [4.78, 5) is 9.25. The monoisotopic (exact) mass is 374 g/mol. The third-order valence-electron chi connectivity index (χ3n) is 3.99. The number of aromatic nitrogens is 4. The predicted octanol–water partition coefficient (Wildman–Crippen LogP) is 5.36. The molecular weight excluding hydrogens is 356 g/mol. The van der Waals surface area contributed by atoms with Gasteiger partial charge in [0.15, 0.2) is 5.16 Å². The van der Waals surface area contributed by atoms with Gasteiger partial charge in [0.25, 0.3) is 0 Å². The van der Waals surface area contributed by atoms with Crippen LogP contribution in [-0.2, 0) is 0 Å². The van der Waals surface area contributed by atoms with Gasteiger partial charge < -0.3 is 4.42 Å². The molecular formula is C21H18N4OS. The SMILES string of the molecule is Cc1cc(-c2ccccc2)nc(S[C@@H](C)c2nnc(-c3ccccc3)o2)n1. The van der Waals surface area contributed by atoms with Crippen LogP contribution < -0.4 is 0 Å². The van der Waals surface area contributed by atoms with E-state index < -0.39 is 0 Å². The number of thioether (sulfide) groups is 1. The standard InChI is InChI=1S/C21H18N4OS/c1-14-13-18(16-9-5-3-6-10-16)23-21(22-14)27-15(2)19-24-25-20(26-19)17-11-7-4-8-12-17/h3-13,15H,1-2H3/t15-/m0/s1. The van der Waals surface area contributed by atoms with Gasteiger partial charge in [-0.05, 0) is 32.0 Å². The van der Waals surface area contributed by atoms with Crippen molar-refractivity contribution < 1.29 is 4.42 Å². The van der Waals surface area contributed by atoms with Gasteiger partial charge in [-0.15, -0.1) is 10.2 Å². The first-order valence-corrected chi connectivity index (χ1v) is 9.53. The lowest BCUT2D eigenvalue weighted by Gasteiger charge is -2.08. The third-order valence-corrected chi connectivity index (χ3v) is 4.94. The number of nitrogens with zero attached hydrogens (tertiary/aromatic N) is 4. The molecule has 4 aromatic rings. The Bertz CT molecular complexity index is 1030. The first kappa shape index (κ1) is 17.4. The van der Waals surface area contributed by atoms with Crippen molar-refractivity contribution in [2.45, 2.75) is 24.3 Å². The van der Waals surface area contributed by atoms with Crippen molar-refractivity contribution in [3.05, 3.63) is 78.3 Å². The van der Waals surface area contributed by atoms with Crippen molar-refractivity contribution in [3.8, 4) is 22.7 Å². The van der Waals surface area contributed by atoms with Gasteiger partial charge >= 0.3 is 0 Å². The van der Waals surface area contributed by atoms with Crippen LogP contribution in [0.1, 0.15) is 23.8 Å². The minimum Gasteiger partial charge on any atom is -0.419 e. The molecule has 5 nitrogen and oxygen atoms in total. The lowest BCUT2D eigenvalue weighted by atomic mass is 10.1. The van der Waals surface area contributed by atoms with Gasteiger partial charge in [0.2, 0.25) is 11.8 Å². The van der Waals surface area contributed by atoms with E-state index in [-0.39, 0.29) is 5.25 Å². The molecule has 0 radical (unpaired) electrons. The number of hydrogen-bond acceptors (Lipinski definition) is 6. The minimum atomic E-state index is -0.0552. The van der Waals surface area contributed by atoms with Gasteiger partial charge in [0, 0.05) is 16.8 Å². The molecule has 2 heterocycles. The van der Waals surface area contributed by atoms with Crippen molar-refractivity contribution in [1.82, 2.24) is 20.2 Å². The molecule has 1 atom stereocenters. The summed E-state index contributed by atoms with van der Waals surface area (Å²) < 4.78 is 5.85. The molecule has 2 aromatic carbocycles. The molecule has 2 aromatic heterocycles. The van der Waals surface area contributed by atoms with E-state index in [4.69, 9.17) is 9.40 Å². The summed E-state index contributed by atoms with van der Waals surface area (Å²) in [6.07, 6.45) is 0. The minimum absolute atomic E-state index is 0.0552. The predicted molar refractivity (Wildman–Crippen MR) is 106 cm³/mol. The molecule has 0 aliphatic heterocycles. The van der Waals surface area contributed by atoms with Gasteiger partial charge in [0.05, 0.1) is 10.9 Å². The highest BCUT2D eigenvalue weighted by Crippen LogP contribution is 2.34. The molecule has 0 saturated carbocycles. The first-order valence-electron chi connectivity index (χ1n) is 8.65. The fraction of sp³-hybridized carbons (Fsp3) is 0.143. The Morgan fingerprint density at radius 3 is 2.22 bits per heavy atom. The maximum atomic E-state index is 5.85. The maximum absolute atomic E-state index is 5.85. The van der Waals surface area contributed by atoms with Gasteiger partial charge in [-0.1, -0.05) is 60.3 Å². The average Bonchev–Trinajstić information content (AvgIpc) is 3.19. The van der Waals surface area contributed by atoms with Crippen LogP contribution in [0.2, 0.25) is 0 Å². The van der Waals surface area contributed by atoms with Crippen molar-refractivity contribution in [2.75, 3.05) is 0 Å². The lowest BCUT2D eigenvalue weighted by Crippen LogP contribution is -1.96. The normalized spacial score (nSPS) is 12.1. The van der Waals surface area contributed by atoms with Gasteiger partial charge in [0.1, 0.15) is 0 Å². The largest absolute Gasteiger partial charge is 0.419 e. The summed E-state index contributed by atoms with van der Waals surface area (Å²) in [5.41, 5.74) is 3.82. The summed E-state index contributed by atoms with van der Waals surface area (Å²) in [5.74, 6) is 1.08. The average molecular weight is 374 g/mol. The summed E-state index contributed by atoms with van der Waals surface area (Å²) >= 11 is 1.51. The second-order valence-electron chi connectivity index (χ2n) is 6.11. The molecule has 0 aliphatic carbocycles. The van der Waals surface area contributed by atoms with Gasteiger partial charge in [-0.3, -0.25) is 0 Å². The number of aryl methyl sites for hydroxylation is 1. The molecule has 0 bridgehead atoms. The highest BCUT2D eigenvalue weighted by molar-refractivity contribution is 7.99. The Balaban J connectivity index is 1.56. The fourth-order valence-electron chi connectivity index (χ4n) is 2.66. The van der Waals surface area contributed by atoms with Crippen molar-refractivity contribution in [3.63, 3.8) is 0 Å². The molecule has 0 fully saturated rings. The van der Waals surface area contributed by atoms with Crippen molar-refractivity contribution in [1.29, 1.82) is 0 Å². The number of benzene rings is 2. The molecule has 0 saturated heterocycles. The molecule has 0 spiro atoms. The zero-order valence-corrected chi connectivity index (χ0v) is 15.9. The molecule has 0 amide bonds. The van der Waals surface area contributed by atoms with E-state index in [0.717, 1.165) is 22.5 Å². The van der Waals surface area contributed by atoms with Crippen LogP contribution in [0.5, 0.6) is 0 Å². The van der Waals surface area contributed by atoms with E-state index in [1.54, 1.807) is 0 Å². The number of rotatable bonds is 5. The summed E-state index contributed by atoms with van der Waals surface area (Å²) in [6, 6.07) is 21.8. The first-order chi connectivity index (χ1) is 13.2. The molecule has 6 heteroatoms. The van der Waals surface area contributed by atoms with Gasteiger partial charge in [-0.25, -0.2) is 9.97 Å². The Labute approximate surface area is 161 Å². The van der Waals surface area contributed by atoms with Crippen LogP contribution in [0.3, 0.4) is 0 Å². The Morgan fingerprint density at radius 1 is 0.852 bits per heavy atom. The van der Waals surface area contributed by atoms with E-state index in [9.17, 15) is 0 Å². The van der Waals surface area contributed by atoms with E-state index in [1.807, 2.05) is 80.6 Å². The zero-order valence-electron chi connectivity index (χ0n) is 15.0. The fourth-order valence-corrected chi connectivity index (χ4v) is 3.52. The summed E-state index contributed by atoms with van der Waals surface area (Å²) in [7, 11) is 0. The Morgan fingerprint density at radius 2 is 1.52 bits per heavy atom. The van der Waals surface area contributed by atoms with Crippen LogP contribution in [0.25, 0.3) is 22.7 Å². The van der Waals surface area contributed by atoms with Crippen LogP contribution in [0.4, 0.5) is 0 Å². The lowest BCUT2D eigenvalue weighted by molar-refractivity contribution is 0.509. The third kappa shape index (κ3) is 4.06. The topological polar surface area (TPSA) is 64.7 Å². The highest BCUT2D eigenvalue weighted by Gasteiger charge is 2.18. The molecule has 0 unspecified atom stereocenters. The molecule has 4 rings (SSSR count). The molecule has 0 aliphatic rings. The van der Waals surface area contributed by atoms with Crippen LogP contribution >= 0.6 is 11.8 Å². The second kappa shape index (κ2) is 7.72. The smallest absolute Gasteiger partial charge is 0.247 e. The van der Waals surface area contributed by atoms with E-state index in [1.165, 1.54) is 11.8 Å². The summed E-state index contributed by atoms with van der Waals surface area (Å²) in [6.45, 7) is 3.99. The maximum Gasteiger partial charge on any atom is 0.247 e. The molecule has 134 valence electrons. The Hall–Kier alpha value is -2.99. The van der Waals surface area contributed by atoms with E-state index >= 15 is 0 Å². The van der Waals surface area contributed by atoms with E-state index in [0.29, 0.717) is 16.9 Å². The summed E-state index contributed by atoms with van der Waals surface area (Å²) in [5, 5.41) is 9.00. The van der Waals surface area contributed by atoms with Crippen molar-refractivity contribution in [2.24, 2.45) is 0 Å². The number of hydrogen-bond donors (Lipinski definition) is 0.